The number of amides is 1. The molecule has 0 heterocycles. The summed E-state index contributed by atoms with van der Waals surface area (Å²) in [5.41, 5.74) is 0.699. The van der Waals surface area contributed by atoms with Gasteiger partial charge in [0.25, 0.3) is 26.0 Å². The van der Waals surface area contributed by atoms with Gasteiger partial charge in [-0.2, -0.15) is 0 Å². The van der Waals surface area contributed by atoms with Gasteiger partial charge in [-0.25, -0.2) is 16.8 Å². The van der Waals surface area contributed by atoms with Crippen molar-refractivity contribution in [2.75, 3.05) is 14.8 Å². The summed E-state index contributed by atoms with van der Waals surface area (Å²) in [4.78, 5) is 12.9. The summed E-state index contributed by atoms with van der Waals surface area (Å²) in [6.07, 6.45) is 0. The highest BCUT2D eigenvalue weighted by Crippen LogP contribution is 2.26. The first-order valence-electron chi connectivity index (χ1n) is 10.6. The van der Waals surface area contributed by atoms with Gasteiger partial charge in [0.1, 0.15) is 0 Å². The van der Waals surface area contributed by atoms with Gasteiger partial charge in [-0.1, -0.05) is 53.5 Å². The standard InChI is InChI=1S/C25H19Cl2N3O5S2/c26-22-15-12-18(29-36(32,33)19-6-2-1-3-7-19)16-21(22)25(31)28-17-10-13-20(14-11-17)37(34,35)30-24-9-5-4-8-23(24)27/h1-16,29-30H,(H,28,31). The number of rotatable bonds is 8. The van der Waals surface area contributed by atoms with Gasteiger partial charge < -0.3 is 5.32 Å². The zero-order chi connectivity index (χ0) is 26.6. The van der Waals surface area contributed by atoms with Gasteiger partial charge in [-0.15, -0.1) is 0 Å². The maximum absolute atomic E-state index is 12.9. The lowest BCUT2D eigenvalue weighted by Crippen LogP contribution is -2.16. The van der Waals surface area contributed by atoms with E-state index in [9.17, 15) is 21.6 Å². The molecule has 0 fully saturated rings. The maximum Gasteiger partial charge on any atom is 0.261 e. The van der Waals surface area contributed by atoms with Gasteiger partial charge in [0, 0.05) is 11.4 Å². The largest absolute Gasteiger partial charge is 0.322 e. The lowest BCUT2D eigenvalue weighted by Gasteiger charge is -2.12. The summed E-state index contributed by atoms with van der Waals surface area (Å²) >= 11 is 12.2. The molecule has 0 saturated carbocycles. The highest BCUT2D eigenvalue weighted by Gasteiger charge is 2.18. The Balaban J connectivity index is 1.49. The molecule has 0 bridgehead atoms. The number of hydrogen-bond donors (Lipinski definition) is 3. The second-order valence-corrected chi connectivity index (χ2v) is 11.9. The third-order valence-electron chi connectivity index (χ3n) is 5.06. The van der Waals surface area contributed by atoms with Crippen molar-refractivity contribution in [2.24, 2.45) is 0 Å². The van der Waals surface area contributed by atoms with Gasteiger partial charge in [-0.3, -0.25) is 14.2 Å². The Morgan fingerprint density at radius 2 is 1.16 bits per heavy atom. The van der Waals surface area contributed by atoms with E-state index in [0.29, 0.717) is 5.69 Å². The van der Waals surface area contributed by atoms with E-state index in [1.807, 2.05) is 0 Å². The number of carbonyl (C=O) groups excluding carboxylic acids is 1. The summed E-state index contributed by atoms with van der Waals surface area (Å²) in [5, 5.41) is 2.97. The van der Waals surface area contributed by atoms with Crippen molar-refractivity contribution in [2.45, 2.75) is 9.79 Å². The van der Waals surface area contributed by atoms with E-state index in [4.69, 9.17) is 23.2 Å². The maximum atomic E-state index is 12.9. The number of halogens is 2. The van der Waals surface area contributed by atoms with Gasteiger partial charge in [-0.05, 0) is 66.7 Å². The Hall–Kier alpha value is -3.57. The van der Waals surface area contributed by atoms with Crippen LogP contribution in [0.15, 0.2) is 107 Å². The third-order valence-corrected chi connectivity index (χ3v) is 8.50. The van der Waals surface area contributed by atoms with Crippen LogP contribution in [0, 0.1) is 0 Å². The molecule has 0 aliphatic heterocycles. The average Bonchev–Trinajstić information content (AvgIpc) is 2.87. The number of sulfonamides is 2. The molecular weight excluding hydrogens is 557 g/mol. The van der Waals surface area contributed by atoms with Gasteiger partial charge in [0.2, 0.25) is 0 Å². The Labute approximate surface area is 224 Å². The summed E-state index contributed by atoms with van der Waals surface area (Å²) in [7, 11) is -7.79. The SMILES string of the molecule is O=C(Nc1ccc(S(=O)(=O)Nc2ccccc2Cl)cc1)c1cc(NS(=O)(=O)c2ccccc2)ccc1Cl. The number of hydrogen-bond acceptors (Lipinski definition) is 5. The van der Waals surface area contributed by atoms with Crippen LogP contribution in [0.5, 0.6) is 0 Å². The van der Waals surface area contributed by atoms with Crippen molar-refractivity contribution in [1.82, 2.24) is 0 Å². The molecule has 0 saturated heterocycles. The van der Waals surface area contributed by atoms with Crippen LogP contribution in [0.25, 0.3) is 0 Å². The van der Waals surface area contributed by atoms with Crippen LogP contribution in [0.3, 0.4) is 0 Å². The summed E-state index contributed by atoms with van der Waals surface area (Å²) in [6.45, 7) is 0. The second-order valence-electron chi connectivity index (χ2n) is 7.68. The lowest BCUT2D eigenvalue weighted by molar-refractivity contribution is 0.102. The van der Waals surface area contributed by atoms with Crippen LogP contribution in [-0.4, -0.2) is 22.7 Å². The van der Waals surface area contributed by atoms with Crippen molar-refractivity contribution in [3.05, 3.63) is 113 Å². The Morgan fingerprint density at radius 3 is 1.84 bits per heavy atom. The fourth-order valence-corrected chi connectivity index (χ4v) is 5.83. The van der Waals surface area contributed by atoms with E-state index in [1.165, 1.54) is 60.7 Å². The van der Waals surface area contributed by atoms with Crippen molar-refractivity contribution in [3.8, 4) is 0 Å². The van der Waals surface area contributed by atoms with Crippen LogP contribution in [0.4, 0.5) is 17.1 Å². The first kappa shape index (κ1) is 26.5. The van der Waals surface area contributed by atoms with Gasteiger partial charge >= 0.3 is 0 Å². The van der Waals surface area contributed by atoms with Crippen molar-refractivity contribution in [1.29, 1.82) is 0 Å². The van der Waals surface area contributed by atoms with Crippen LogP contribution in [-0.2, 0) is 20.0 Å². The molecule has 4 aromatic carbocycles. The van der Waals surface area contributed by atoms with Crippen molar-refractivity contribution in [3.63, 3.8) is 0 Å². The molecule has 190 valence electrons. The molecule has 0 radical (unpaired) electrons. The van der Waals surface area contributed by atoms with E-state index >= 15 is 0 Å². The molecule has 0 atom stereocenters. The number of benzene rings is 4. The molecule has 12 heteroatoms. The molecule has 4 rings (SSSR count). The second kappa shape index (κ2) is 10.8. The molecule has 37 heavy (non-hydrogen) atoms. The normalized spacial score (nSPS) is 11.5. The minimum absolute atomic E-state index is 0.0204. The monoisotopic (exact) mass is 575 g/mol. The number of nitrogens with one attached hydrogen (secondary N) is 3. The van der Waals surface area contributed by atoms with E-state index < -0.39 is 26.0 Å². The van der Waals surface area contributed by atoms with Crippen LogP contribution >= 0.6 is 23.2 Å². The average molecular weight is 576 g/mol. The topological polar surface area (TPSA) is 121 Å². The minimum Gasteiger partial charge on any atom is -0.322 e. The van der Waals surface area contributed by atoms with Crippen molar-refractivity contribution < 1.29 is 21.6 Å². The number of carbonyl (C=O) groups is 1. The van der Waals surface area contributed by atoms with E-state index in [2.05, 4.69) is 14.8 Å². The first-order chi connectivity index (χ1) is 17.5. The zero-order valence-electron chi connectivity index (χ0n) is 18.9. The Bertz CT molecular complexity index is 1660. The Kier molecular flexibility index (Phi) is 7.74. The zero-order valence-corrected chi connectivity index (χ0v) is 22.0. The summed E-state index contributed by atoms with van der Waals surface area (Å²) in [6, 6.07) is 23.8. The minimum atomic E-state index is -3.92. The third kappa shape index (κ3) is 6.41. The molecule has 8 nitrogen and oxygen atoms in total. The lowest BCUT2D eigenvalue weighted by atomic mass is 10.2. The smallest absolute Gasteiger partial charge is 0.261 e. The molecule has 0 unspecified atom stereocenters. The predicted octanol–water partition coefficient (Wildman–Crippen LogP) is 5.85. The highest BCUT2D eigenvalue weighted by molar-refractivity contribution is 7.93. The molecule has 3 N–H and O–H groups in total. The molecular formula is C25H19Cl2N3O5S2. The Morgan fingerprint density at radius 1 is 0.595 bits per heavy atom. The molecule has 4 aromatic rings. The van der Waals surface area contributed by atoms with E-state index in [0.717, 1.165) is 0 Å². The van der Waals surface area contributed by atoms with E-state index in [-0.39, 0.29) is 36.8 Å². The molecule has 0 spiro atoms. The number of anilines is 3. The van der Waals surface area contributed by atoms with Crippen LogP contribution in [0.1, 0.15) is 10.4 Å². The fourth-order valence-electron chi connectivity index (χ4n) is 3.24. The highest BCUT2D eigenvalue weighted by atomic mass is 35.5. The predicted molar refractivity (Wildman–Crippen MR) is 145 cm³/mol. The quantitative estimate of drug-likeness (QED) is 0.243. The van der Waals surface area contributed by atoms with Crippen molar-refractivity contribution >= 4 is 66.2 Å². The molecule has 1 amide bonds. The summed E-state index contributed by atoms with van der Waals surface area (Å²) < 4.78 is 55.4. The molecule has 0 aromatic heterocycles. The fraction of sp³-hybridized carbons (Fsp3) is 0. The summed E-state index contributed by atoms with van der Waals surface area (Å²) in [5.74, 6) is -0.615. The first-order valence-corrected chi connectivity index (χ1v) is 14.3. The van der Waals surface area contributed by atoms with Gasteiger partial charge in [0.15, 0.2) is 0 Å². The van der Waals surface area contributed by atoms with E-state index in [1.54, 1.807) is 36.4 Å². The molecule has 0 aliphatic rings. The van der Waals surface area contributed by atoms with Gasteiger partial charge in [0.05, 0.1) is 31.1 Å². The molecule has 0 aliphatic carbocycles. The van der Waals surface area contributed by atoms with Crippen LogP contribution < -0.4 is 14.8 Å². The number of para-hydroxylation sites is 1. The van der Waals surface area contributed by atoms with Crippen LogP contribution in [0.2, 0.25) is 10.0 Å².